The number of hydrogen-bond acceptors (Lipinski definition) is 4. The van der Waals surface area contributed by atoms with Crippen LogP contribution >= 0.6 is 0 Å². The monoisotopic (exact) mass is 282 g/mol. The first-order valence-corrected chi connectivity index (χ1v) is 8.09. The summed E-state index contributed by atoms with van der Waals surface area (Å²) >= 11 is 0. The van der Waals surface area contributed by atoms with Crippen LogP contribution in [0.5, 0.6) is 0 Å². The fourth-order valence-corrected chi connectivity index (χ4v) is 3.76. The Balaban J connectivity index is 1.90. The summed E-state index contributed by atoms with van der Waals surface area (Å²) < 4.78 is 22.9. The van der Waals surface area contributed by atoms with E-state index in [2.05, 4.69) is 5.32 Å². The second-order valence-electron chi connectivity index (χ2n) is 4.77. The minimum Gasteiger partial charge on any atom is -0.376 e. The largest absolute Gasteiger partial charge is 0.376 e. The molecule has 1 fully saturated rings. The number of para-hydroxylation sites is 1. The van der Waals surface area contributed by atoms with Crippen LogP contribution in [0.3, 0.4) is 0 Å². The van der Waals surface area contributed by atoms with Crippen LogP contribution in [-0.4, -0.2) is 49.9 Å². The molecule has 19 heavy (non-hydrogen) atoms. The summed E-state index contributed by atoms with van der Waals surface area (Å²) in [6.45, 7) is 2.25. The van der Waals surface area contributed by atoms with Crippen LogP contribution in [0.1, 0.15) is 6.92 Å². The zero-order valence-corrected chi connectivity index (χ0v) is 11.7. The van der Waals surface area contributed by atoms with Gasteiger partial charge in [0, 0.05) is 18.3 Å². The molecule has 104 valence electrons. The van der Waals surface area contributed by atoms with Crippen LogP contribution in [0.4, 0.5) is 5.69 Å². The van der Waals surface area contributed by atoms with Crippen LogP contribution in [0.25, 0.3) is 0 Å². The van der Waals surface area contributed by atoms with Crippen molar-refractivity contribution in [1.29, 1.82) is 0 Å². The van der Waals surface area contributed by atoms with Gasteiger partial charge in [0.05, 0.1) is 18.1 Å². The number of hydrogen-bond donors (Lipinski definition) is 1. The van der Waals surface area contributed by atoms with Gasteiger partial charge >= 0.3 is 0 Å². The van der Waals surface area contributed by atoms with Crippen molar-refractivity contribution in [3.8, 4) is 0 Å². The Hall–Kier alpha value is -1.56. The van der Waals surface area contributed by atoms with Gasteiger partial charge in [-0.2, -0.15) is 0 Å². The molecule has 1 heterocycles. The molecule has 0 bridgehead atoms. The lowest BCUT2D eigenvalue weighted by Gasteiger charge is -2.33. The molecule has 1 aliphatic heterocycles. The third kappa shape index (κ3) is 3.70. The predicted octanol–water partition coefficient (Wildman–Crippen LogP) is 0.744. The van der Waals surface area contributed by atoms with Gasteiger partial charge in [-0.25, -0.2) is 8.42 Å². The van der Waals surface area contributed by atoms with Crippen LogP contribution in [-0.2, 0) is 14.6 Å². The average molecular weight is 282 g/mol. The van der Waals surface area contributed by atoms with E-state index in [9.17, 15) is 13.2 Å². The molecule has 0 saturated carbocycles. The number of rotatable bonds is 3. The number of nitrogens with one attached hydrogen (secondary N) is 1. The van der Waals surface area contributed by atoms with Crippen molar-refractivity contribution in [1.82, 2.24) is 4.90 Å². The SMILES string of the molecule is CC1CS(=O)(=O)CCN1C(=O)CNc1ccccc1. The van der Waals surface area contributed by atoms with Crippen molar-refractivity contribution in [3.05, 3.63) is 30.3 Å². The Kier molecular flexibility index (Phi) is 4.09. The first kappa shape index (κ1) is 13.9. The molecule has 1 saturated heterocycles. The Morgan fingerprint density at radius 3 is 2.68 bits per heavy atom. The van der Waals surface area contributed by atoms with Gasteiger partial charge in [-0.15, -0.1) is 0 Å². The molecule has 2 rings (SSSR count). The lowest BCUT2D eigenvalue weighted by atomic mass is 10.3. The van der Waals surface area contributed by atoms with Gasteiger partial charge in [0.15, 0.2) is 9.84 Å². The van der Waals surface area contributed by atoms with Crippen molar-refractivity contribution in [3.63, 3.8) is 0 Å². The Bertz CT molecular complexity index is 542. The molecule has 6 heteroatoms. The molecule has 1 amide bonds. The first-order valence-electron chi connectivity index (χ1n) is 6.27. The van der Waals surface area contributed by atoms with Crippen molar-refractivity contribution in [2.75, 3.05) is 29.9 Å². The van der Waals surface area contributed by atoms with E-state index in [1.165, 1.54) is 0 Å². The van der Waals surface area contributed by atoms with Crippen molar-refractivity contribution in [2.24, 2.45) is 0 Å². The van der Waals surface area contributed by atoms with E-state index >= 15 is 0 Å². The van der Waals surface area contributed by atoms with Gasteiger partial charge in [0.2, 0.25) is 5.91 Å². The smallest absolute Gasteiger partial charge is 0.242 e. The number of nitrogens with zero attached hydrogens (tertiary/aromatic N) is 1. The second-order valence-corrected chi connectivity index (χ2v) is 7.00. The first-order chi connectivity index (χ1) is 8.98. The van der Waals surface area contributed by atoms with Crippen LogP contribution in [0, 0.1) is 0 Å². The van der Waals surface area contributed by atoms with E-state index in [4.69, 9.17) is 0 Å². The summed E-state index contributed by atoms with van der Waals surface area (Å²) in [5.41, 5.74) is 0.883. The second kappa shape index (κ2) is 5.61. The topological polar surface area (TPSA) is 66.5 Å². The van der Waals surface area contributed by atoms with Crippen molar-refractivity contribution in [2.45, 2.75) is 13.0 Å². The molecule has 1 aliphatic rings. The molecule has 0 radical (unpaired) electrons. The van der Waals surface area contributed by atoms with Crippen LogP contribution in [0.15, 0.2) is 30.3 Å². The summed E-state index contributed by atoms with van der Waals surface area (Å²) in [4.78, 5) is 13.7. The number of anilines is 1. The highest BCUT2D eigenvalue weighted by Crippen LogP contribution is 2.12. The van der Waals surface area contributed by atoms with Crippen molar-refractivity contribution < 1.29 is 13.2 Å². The highest BCUT2D eigenvalue weighted by Gasteiger charge is 2.30. The van der Waals surface area contributed by atoms with E-state index in [0.717, 1.165) is 5.69 Å². The van der Waals surface area contributed by atoms with Gasteiger partial charge in [-0.1, -0.05) is 18.2 Å². The van der Waals surface area contributed by atoms with E-state index in [1.807, 2.05) is 30.3 Å². The summed E-state index contributed by atoms with van der Waals surface area (Å²) in [5.74, 6) is 0.0599. The maximum Gasteiger partial charge on any atom is 0.242 e. The average Bonchev–Trinajstić information content (AvgIpc) is 2.36. The molecule has 1 atom stereocenters. The highest BCUT2D eigenvalue weighted by molar-refractivity contribution is 7.91. The molecular formula is C13H18N2O3S. The highest BCUT2D eigenvalue weighted by atomic mass is 32.2. The Morgan fingerprint density at radius 1 is 1.37 bits per heavy atom. The normalized spacial score (nSPS) is 21.9. The minimum absolute atomic E-state index is 0.0596. The maximum atomic E-state index is 12.1. The molecule has 1 aromatic carbocycles. The number of sulfone groups is 1. The zero-order valence-electron chi connectivity index (χ0n) is 10.9. The molecule has 5 nitrogen and oxygen atoms in total. The summed E-state index contributed by atoms with van der Waals surface area (Å²) in [7, 11) is -2.98. The molecule has 1 N–H and O–H groups in total. The van der Waals surface area contributed by atoms with E-state index in [-0.39, 0.29) is 30.0 Å². The fourth-order valence-electron chi connectivity index (χ4n) is 2.20. The summed E-state index contributed by atoms with van der Waals surface area (Å²) in [6, 6.07) is 9.22. The standard InChI is InChI=1S/C13H18N2O3S/c1-11-10-19(17,18)8-7-15(11)13(16)9-14-12-5-3-2-4-6-12/h2-6,11,14H,7-10H2,1H3. The van der Waals surface area contributed by atoms with Gasteiger partial charge in [-0.3, -0.25) is 4.79 Å². The minimum atomic E-state index is -2.98. The predicted molar refractivity (Wildman–Crippen MR) is 74.8 cm³/mol. The van der Waals surface area contributed by atoms with Crippen LogP contribution in [0.2, 0.25) is 0 Å². The summed E-state index contributed by atoms with van der Waals surface area (Å²) in [6.07, 6.45) is 0. The molecule has 1 unspecified atom stereocenters. The zero-order chi connectivity index (χ0) is 13.9. The lowest BCUT2D eigenvalue weighted by Crippen LogP contribution is -2.51. The molecule has 0 spiro atoms. The Labute approximate surface area is 113 Å². The van der Waals surface area contributed by atoms with E-state index < -0.39 is 9.84 Å². The molecule has 0 aromatic heterocycles. The van der Waals surface area contributed by atoms with E-state index in [1.54, 1.807) is 11.8 Å². The third-order valence-electron chi connectivity index (χ3n) is 3.21. The number of carbonyl (C=O) groups is 1. The number of amides is 1. The molecule has 0 aliphatic carbocycles. The quantitative estimate of drug-likeness (QED) is 0.888. The van der Waals surface area contributed by atoms with Gasteiger partial charge in [0.1, 0.15) is 0 Å². The molecular weight excluding hydrogens is 264 g/mol. The van der Waals surface area contributed by atoms with Crippen LogP contribution < -0.4 is 5.32 Å². The number of carbonyl (C=O) groups excluding carboxylic acids is 1. The van der Waals surface area contributed by atoms with Gasteiger partial charge in [-0.05, 0) is 19.1 Å². The lowest BCUT2D eigenvalue weighted by molar-refractivity contribution is -0.130. The third-order valence-corrected chi connectivity index (χ3v) is 5.00. The fraction of sp³-hybridized carbons (Fsp3) is 0.462. The van der Waals surface area contributed by atoms with E-state index in [0.29, 0.717) is 6.54 Å². The van der Waals surface area contributed by atoms with Gasteiger partial charge in [0.25, 0.3) is 0 Å². The van der Waals surface area contributed by atoms with Gasteiger partial charge < -0.3 is 10.2 Å². The molecule has 1 aromatic rings. The summed E-state index contributed by atoms with van der Waals surface area (Å²) in [5, 5.41) is 3.04. The maximum absolute atomic E-state index is 12.1. The Morgan fingerprint density at radius 2 is 2.05 bits per heavy atom. The van der Waals surface area contributed by atoms with Crippen molar-refractivity contribution >= 4 is 21.4 Å². The number of benzene rings is 1.